The molecule has 0 saturated heterocycles. The molecular weight excluding hydrogens is 264 g/mol. The minimum Gasteiger partial charge on any atom is -0.352 e. The fourth-order valence-electron chi connectivity index (χ4n) is 2.01. The molecule has 4 nitrogen and oxygen atoms in total. The molecule has 0 bridgehead atoms. The highest BCUT2D eigenvalue weighted by Gasteiger charge is 2.11. The van der Waals surface area contributed by atoms with E-state index in [1.807, 2.05) is 30.3 Å². The molecule has 4 heteroatoms. The van der Waals surface area contributed by atoms with Gasteiger partial charge >= 0.3 is 0 Å². The van der Waals surface area contributed by atoms with Crippen molar-refractivity contribution < 1.29 is 4.79 Å². The summed E-state index contributed by atoms with van der Waals surface area (Å²) < 4.78 is 0. The standard InChI is InChI=1S/C17H20N2O2/c1-12(2)10-11-18-16(20)14-8-9-15(19-17(14)21)13-6-4-3-5-7-13/h3-9,12H,10-11H2,1-2H3,(H,18,20)(H,19,21). The number of aromatic nitrogens is 1. The molecule has 1 amide bonds. The van der Waals surface area contributed by atoms with E-state index in [0.29, 0.717) is 18.2 Å². The Bertz CT molecular complexity index is 660. The summed E-state index contributed by atoms with van der Waals surface area (Å²) in [5.74, 6) is 0.195. The van der Waals surface area contributed by atoms with Crippen molar-refractivity contribution in [2.45, 2.75) is 20.3 Å². The van der Waals surface area contributed by atoms with Crippen molar-refractivity contribution in [2.24, 2.45) is 5.92 Å². The van der Waals surface area contributed by atoms with Crippen molar-refractivity contribution in [1.29, 1.82) is 0 Å². The van der Waals surface area contributed by atoms with Crippen LogP contribution in [-0.2, 0) is 0 Å². The molecule has 0 unspecified atom stereocenters. The maximum absolute atomic E-state index is 12.0. The number of carbonyl (C=O) groups is 1. The van der Waals surface area contributed by atoms with Gasteiger partial charge in [0.15, 0.2) is 0 Å². The summed E-state index contributed by atoms with van der Waals surface area (Å²) in [4.78, 5) is 26.8. The van der Waals surface area contributed by atoms with Gasteiger partial charge in [-0.15, -0.1) is 0 Å². The number of pyridine rings is 1. The van der Waals surface area contributed by atoms with Crippen LogP contribution in [-0.4, -0.2) is 17.4 Å². The predicted molar refractivity (Wildman–Crippen MR) is 84.3 cm³/mol. The first kappa shape index (κ1) is 15.0. The van der Waals surface area contributed by atoms with Crippen molar-refractivity contribution in [1.82, 2.24) is 10.3 Å². The average Bonchev–Trinajstić information content (AvgIpc) is 2.47. The molecule has 1 heterocycles. The molecule has 1 aromatic carbocycles. The van der Waals surface area contributed by atoms with Gasteiger partial charge in [0.2, 0.25) is 0 Å². The van der Waals surface area contributed by atoms with Gasteiger partial charge in [0.05, 0.1) is 0 Å². The first-order chi connectivity index (χ1) is 10.1. The van der Waals surface area contributed by atoms with Crippen molar-refractivity contribution >= 4 is 5.91 Å². The van der Waals surface area contributed by atoms with E-state index in [4.69, 9.17) is 0 Å². The van der Waals surface area contributed by atoms with E-state index in [-0.39, 0.29) is 17.0 Å². The zero-order chi connectivity index (χ0) is 15.2. The highest BCUT2D eigenvalue weighted by atomic mass is 16.2. The molecule has 0 radical (unpaired) electrons. The normalized spacial score (nSPS) is 10.6. The summed E-state index contributed by atoms with van der Waals surface area (Å²) in [6.07, 6.45) is 0.895. The Hall–Kier alpha value is -2.36. The molecule has 0 aliphatic rings. The van der Waals surface area contributed by atoms with Gasteiger partial charge < -0.3 is 10.3 Å². The van der Waals surface area contributed by atoms with Crippen molar-refractivity contribution in [3.05, 3.63) is 58.4 Å². The molecule has 110 valence electrons. The largest absolute Gasteiger partial charge is 0.352 e. The lowest BCUT2D eigenvalue weighted by Crippen LogP contribution is -2.30. The van der Waals surface area contributed by atoms with E-state index in [9.17, 15) is 9.59 Å². The van der Waals surface area contributed by atoms with Gasteiger partial charge in [0.1, 0.15) is 5.56 Å². The molecule has 0 saturated carbocycles. The van der Waals surface area contributed by atoms with Crippen LogP contribution in [0.5, 0.6) is 0 Å². The Morgan fingerprint density at radius 2 is 1.86 bits per heavy atom. The molecule has 0 aliphatic carbocycles. The lowest BCUT2D eigenvalue weighted by Gasteiger charge is -2.07. The van der Waals surface area contributed by atoms with Crippen molar-refractivity contribution in [3.63, 3.8) is 0 Å². The number of hydrogen-bond donors (Lipinski definition) is 2. The Labute approximate surface area is 124 Å². The predicted octanol–water partition coefficient (Wildman–Crippen LogP) is 2.82. The van der Waals surface area contributed by atoms with E-state index >= 15 is 0 Å². The van der Waals surface area contributed by atoms with Gasteiger partial charge in [-0.2, -0.15) is 0 Å². The second-order valence-corrected chi connectivity index (χ2v) is 5.42. The third kappa shape index (κ3) is 4.05. The Kier molecular flexibility index (Phi) is 4.93. The Balaban J connectivity index is 2.13. The first-order valence-corrected chi connectivity index (χ1v) is 7.15. The van der Waals surface area contributed by atoms with Crippen LogP contribution in [0, 0.1) is 5.92 Å². The maximum Gasteiger partial charge on any atom is 0.261 e. The maximum atomic E-state index is 12.0. The number of rotatable bonds is 5. The van der Waals surface area contributed by atoms with Gasteiger partial charge in [-0.3, -0.25) is 9.59 Å². The van der Waals surface area contributed by atoms with Crippen LogP contribution in [0.1, 0.15) is 30.6 Å². The minimum absolute atomic E-state index is 0.151. The molecule has 2 rings (SSSR count). The number of hydrogen-bond acceptors (Lipinski definition) is 2. The number of H-pyrrole nitrogens is 1. The van der Waals surface area contributed by atoms with E-state index in [1.54, 1.807) is 12.1 Å². The number of carbonyl (C=O) groups excluding carboxylic acids is 1. The number of nitrogens with one attached hydrogen (secondary N) is 2. The Morgan fingerprint density at radius 1 is 1.14 bits per heavy atom. The van der Waals surface area contributed by atoms with Crippen LogP contribution in [0.15, 0.2) is 47.3 Å². The minimum atomic E-state index is -0.363. The molecule has 2 aromatic rings. The van der Waals surface area contributed by atoms with E-state index < -0.39 is 0 Å². The van der Waals surface area contributed by atoms with Crippen molar-refractivity contribution in [2.75, 3.05) is 6.54 Å². The lowest BCUT2D eigenvalue weighted by atomic mass is 10.1. The summed E-state index contributed by atoms with van der Waals surface area (Å²) in [6, 6.07) is 12.9. The molecule has 21 heavy (non-hydrogen) atoms. The first-order valence-electron chi connectivity index (χ1n) is 7.15. The van der Waals surface area contributed by atoms with E-state index in [1.165, 1.54) is 0 Å². The van der Waals surface area contributed by atoms with Gasteiger partial charge in [-0.1, -0.05) is 44.2 Å². The fraction of sp³-hybridized carbons (Fsp3) is 0.294. The lowest BCUT2D eigenvalue weighted by molar-refractivity contribution is 0.0950. The third-order valence-electron chi connectivity index (χ3n) is 3.25. The monoisotopic (exact) mass is 284 g/mol. The smallest absolute Gasteiger partial charge is 0.261 e. The fourth-order valence-corrected chi connectivity index (χ4v) is 2.01. The zero-order valence-electron chi connectivity index (χ0n) is 12.3. The number of benzene rings is 1. The topological polar surface area (TPSA) is 62.0 Å². The molecule has 0 aliphatic heterocycles. The van der Waals surface area contributed by atoms with E-state index in [0.717, 1.165) is 12.0 Å². The molecule has 2 N–H and O–H groups in total. The summed E-state index contributed by atoms with van der Waals surface area (Å²) in [7, 11) is 0. The third-order valence-corrected chi connectivity index (χ3v) is 3.25. The molecule has 0 fully saturated rings. The van der Waals surface area contributed by atoms with Gasteiger partial charge in [-0.05, 0) is 30.0 Å². The highest BCUT2D eigenvalue weighted by molar-refractivity contribution is 5.94. The zero-order valence-corrected chi connectivity index (χ0v) is 12.3. The SMILES string of the molecule is CC(C)CCNC(=O)c1ccc(-c2ccccc2)[nH]c1=O. The van der Waals surface area contributed by atoms with Gasteiger partial charge in [-0.25, -0.2) is 0 Å². The highest BCUT2D eigenvalue weighted by Crippen LogP contribution is 2.14. The molecule has 1 aromatic heterocycles. The molecule has 0 atom stereocenters. The van der Waals surface area contributed by atoms with Crippen LogP contribution >= 0.6 is 0 Å². The van der Waals surface area contributed by atoms with Crippen LogP contribution in [0.3, 0.4) is 0 Å². The summed E-state index contributed by atoms with van der Waals surface area (Å²) >= 11 is 0. The number of aromatic amines is 1. The van der Waals surface area contributed by atoms with Gasteiger partial charge in [0.25, 0.3) is 11.5 Å². The quantitative estimate of drug-likeness (QED) is 0.887. The molecular formula is C17H20N2O2. The van der Waals surface area contributed by atoms with Crippen LogP contribution in [0.2, 0.25) is 0 Å². The second-order valence-electron chi connectivity index (χ2n) is 5.42. The van der Waals surface area contributed by atoms with Crippen molar-refractivity contribution in [3.8, 4) is 11.3 Å². The van der Waals surface area contributed by atoms with Crippen LogP contribution in [0.25, 0.3) is 11.3 Å². The summed E-state index contributed by atoms with van der Waals surface area (Å²) in [5.41, 5.74) is 1.41. The average molecular weight is 284 g/mol. The second kappa shape index (κ2) is 6.88. The van der Waals surface area contributed by atoms with Gasteiger partial charge in [0, 0.05) is 12.2 Å². The van der Waals surface area contributed by atoms with Crippen LogP contribution < -0.4 is 10.9 Å². The van der Waals surface area contributed by atoms with Crippen LogP contribution in [0.4, 0.5) is 0 Å². The number of amides is 1. The summed E-state index contributed by atoms with van der Waals surface area (Å²) in [6.45, 7) is 4.76. The Morgan fingerprint density at radius 3 is 2.48 bits per heavy atom. The van der Waals surface area contributed by atoms with E-state index in [2.05, 4.69) is 24.1 Å². The molecule has 0 spiro atoms. The summed E-state index contributed by atoms with van der Waals surface area (Å²) in [5, 5.41) is 2.77.